The molecule has 0 saturated carbocycles. The van der Waals surface area contributed by atoms with Crippen LogP contribution in [0.4, 0.5) is 0 Å². The molecule has 0 aromatic heterocycles. The Balaban J connectivity index is -0.0000000632. The molecule has 0 rings (SSSR count). The first kappa shape index (κ1) is 146. The quantitative estimate of drug-likeness (QED) is 0.0202. The van der Waals surface area contributed by atoms with E-state index < -0.39 is 94.6 Å². The zero-order valence-corrected chi connectivity index (χ0v) is 71.7. The van der Waals surface area contributed by atoms with Crippen LogP contribution in [0.15, 0.2) is 0 Å². The van der Waals surface area contributed by atoms with Gasteiger partial charge in [-0.15, -0.1) is 0 Å². The number of rotatable bonds is 51. The van der Waals surface area contributed by atoms with E-state index in [0.29, 0.717) is 51.5 Å². The summed E-state index contributed by atoms with van der Waals surface area (Å²) in [4.78, 5) is 100. The fraction of sp³-hybridized carbons (Fsp3) is 0.892. The summed E-state index contributed by atoms with van der Waals surface area (Å²) in [6, 6.07) is 10.3. The van der Waals surface area contributed by atoms with E-state index in [9.17, 15) is 33.9 Å². The highest BCUT2D eigenvalue weighted by atomic mass is 28.4. The summed E-state index contributed by atoms with van der Waals surface area (Å²) >= 11 is 0. The van der Waals surface area contributed by atoms with Gasteiger partial charge in [-0.2, -0.15) is 19.2 Å². The van der Waals surface area contributed by atoms with E-state index >= 15 is 0 Å². The van der Waals surface area contributed by atoms with Gasteiger partial charge in [-0.25, -0.2) is 4.79 Å². The minimum absolute atomic E-state index is 0. The number of amides is 2. The lowest BCUT2D eigenvalue weighted by atomic mass is 9.98. The highest BCUT2D eigenvalue weighted by Gasteiger charge is 2.42. The largest absolute Gasteiger partial charge is 0.481 e. The molecule has 0 radical (unpaired) electrons. The molecular formula is C74H181N5O22Si7. The first-order valence-electron chi connectivity index (χ1n) is 34.9. The van der Waals surface area contributed by atoms with Crippen LogP contribution in [0.3, 0.4) is 0 Å². The number of unbranched alkanes of at least 4 members (excludes halogenated alkanes) is 1. The Morgan fingerprint density at radius 3 is 1.08 bits per heavy atom. The van der Waals surface area contributed by atoms with E-state index in [1.165, 1.54) is 37.5 Å². The van der Waals surface area contributed by atoms with Crippen molar-refractivity contribution in [3.05, 3.63) is 0 Å². The summed E-state index contributed by atoms with van der Waals surface area (Å²) in [5.41, 5.74) is 14.6. The third kappa shape index (κ3) is 86.6. The molecule has 0 aromatic carbocycles. The second-order valence-electron chi connectivity index (χ2n) is 27.2. The Morgan fingerprint density at radius 1 is 0.444 bits per heavy atom. The van der Waals surface area contributed by atoms with Crippen LogP contribution in [0.25, 0.3) is 0 Å². The van der Waals surface area contributed by atoms with Crippen LogP contribution in [-0.2, 0) is 83.0 Å². The van der Waals surface area contributed by atoms with E-state index in [-0.39, 0.29) is 123 Å². The average Bonchev–Trinajstić information content (AvgIpc) is 0.850. The van der Waals surface area contributed by atoms with Gasteiger partial charge < -0.3 is 83.4 Å². The molecule has 0 aromatic rings. The number of ether oxygens (including phenoxy) is 1. The van der Waals surface area contributed by atoms with Crippen LogP contribution in [0.2, 0.25) is 119 Å². The number of carbonyl (C=O) groups is 6. The van der Waals surface area contributed by atoms with Crippen LogP contribution in [-0.4, -0.2) is 208 Å². The maximum atomic E-state index is 12.5. The number of carbonyl (C=O) groups excluding carboxylic acids is 6. The van der Waals surface area contributed by atoms with Crippen LogP contribution < -0.4 is 27.8 Å². The topological polar surface area (TPSA) is 428 Å². The minimum Gasteiger partial charge on any atom is -0.481 e. The lowest BCUT2D eigenvalue weighted by molar-refractivity contribution is -0.193. The number of hydrogen-bond donors (Lipinski definition) is 9. The molecule has 8 atom stereocenters. The molecule has 0 aliphatic rings. The first-order valence-corrected chi connectivity index (χ1v) is 54.6. The van der Waals surface area contributed by atoms with Crippen LogP contribution >= 0.6 is 0 Å². The molecule has 0 spiro atoms. The molecule has 2 amide bonds. The standard InChI is InChI=1S/C18H42N4O4Si2.C15H32O7Si2.C11H24O3Si.C10H22O3Si.C8H21NOSi.2CO2.10CH4/c1-6-13-28(25-2,26-27(3,4)5)14-7-8-16(18(24)22-12-10-20)15-17(23)21-11-9-19;1-7-10-24(20-3,22-23(4,5)6)11-8-9-21-15(2,14(18)19)12-13(16)17;1-5-8-15(4,14-3)9-6-7-10(2)11(12)13;1-4-8-14(3,13-2)9-6-5-7-10(11)12;1-4-7-11(3,10-2)8-5-6-9;2*2-1-3;;;;;;;;;;/h16H,6-15,19-20H2,1-5H3,(H,21,23)(H,22,24);7-12H2,1-6H3,(H,16,17)(H,18,19);10H,5-9H2,1-4H3,(H,12,13);4-9H2,1-3H3,(H,11,12);4-9H2,1-3H3;;;10*1H4. The molecule has 0 aliphatic carbocycles. The Hall–Kier alpha value is -3.34. The second-order valence-corrected chi connectivity index (χ2v) is 56.7. The number of hydrogen-bond acceptors (Lipinski definition) is 21. The molecule has 108 heavy (non-hydrogen) atoms. The molecule has 0 fully saturated rings. The van der Waals surface area contributed by atoms with Crippen LogP contribution in [0, 0.1) is 11.8 Å². The first-order chi connectivity index (χ1) is 45.5. The van der Waals surface area contributed by atoms with Crippen molar-refractivity contribution < 1.29 is 103 Å². The maximum Gasteiger partial charge on any atom is 0.373 e. The fourth-order valence-electron chi connectivity index (χ4n) is 10.5. The molecule has 34 heteroatoms. The van der Waals surface area contributed by atoms with Gasteiger partial charge in [-0.3, -0.25) is 24.0 Å². The molecule has 662 valence electrons. The Labute approximate surface area is 671 Å². The Morgan fingerprint density at radius 2 is 0.787 bits per heavy atom. The summed E-state index contributed by atoms with van der Waals surface area (Å²) in [7, 11) is -3.63. The highest BCUT2D eigenvalue weighted by Crippen LogP contribution is 2.31. The summed E-state index contributed by atoms with van der Waals surface area (Å²) in [6.07, 6.45) is 12.5. The SMILES string of the molecule is C.C.C.C.C.C.C.C.C.C.CCC[Si](C)(CCCC(C)C(=O)O)OC.CCC[Si](C)(CCCCC(=O)O)OC.CCC[Si](C)(CCCN)OC.CCC[Si](CCCC(CC(=O)NCCN)C(=O)NCCN)(OC)O[Si](C)(C)C.CCC[Si](CCCOC(C)(CC(=O)O)C(=O)O)(OC)O[Si](C)(C)C.O=C=O.O=C=O. The molecule has 0 saturated heterocycles. The van der Waals surface area contributed by atoms with Crippen molar-refractivity contribution in [3.8, 4) is 0 Å². The second kappa shape index (κ2) is 86.1. The monoisotopic (exact) mass is 1690 g/mol. The molecule has 27 nitrogen and oxygen atoms in total. The number of nitrogens with one attached hydrogen (secondary N) is 2. The summed E-state index contributed by atoms with van der Waals surface area (Å²) in [5.74, 6) is -4.74. The van der Waals surface area contributed by atoms with Gasteiger partial charge in [-0.1, -0.05) is 167 Å². The molecule has 12 N–H and O–H groups in total. The smallest absolute Gasteiger partial charge is 0.373 e. The van der Waals surface area contributed by atoms with Gasteiger partial charge in [0.1, 0.15) is 0 Å². The van der Waals surface area contributed by atoms with Crippen LogP contribution in [0.5, 0.6) is 0 Å². The van der Waals surface area contributed by atoms with Crippen molar-refractivity contribution in [2.24, 2.45) is 29.0 Å². The third-order valence-corrected chi connectivity index (χ3v) is 41.7. The fourth-order valence-corrected chi connectivity index (χ4v) is 34.0. The molecular weight excluding hydrogens is 1510 g/mol. The van der Waals surface area contributed by atoms with Crippen molar-refractivity contribution in [2.75, 3.05) is 74.9 Å². The van der Waals surface area contributed by atoms with Gasteiger partial charge in [0.15, 0.2) is 47.2 Å². The number of carboxylic acids is 4. The lowest BCUT2D eigenvalue weighted by Gasteiger charge is -2.35. The molecule has 0 heterocycles. The predicted molar refractivity (Wildman–Crippen MR) is 469 cm³/mol. The third-order valence-electron chi connectivity index (χ3n) is 15.7. The van der Waals surface area contributed by atoms with Gasteiger partial charge in [0.25, 0.3) is 0 Å². The van der Waals surface area contributed by atoms with Crippen molar-refractivity contribution >= 4 is 107 Å². The zero-order chi connectivity index (χ0) is 77.7. The van der Waals surface area contributed by atoms with Gasteiger partial charge in [0.2, 0.25) is 11.8 Å². The van der Waals surface area contributed by atoms with Crippen molar-refractivity contribution in [3.63, 3.8) is 0 Å². The van der Waals surface area contributed by atoms with Gasteiger partial charge in [0, 0.05) is 87.1 Å². The van der Waals surface area contributed by atoms with Gasteiger partial charge in [0.05, 0.1) is 12.3 Å². The van der Waals surface area contributed by atoms with Crippen LogP contribution in [0.1, 0.15) is 225 Å². The Kier molecular flexibility index (Phi) is 117. The summed E-state index contributed by atoms with van der Waals surface area (Å²) < 4.78 is 46.7. The van der Waals surface area contributed by atoms with E-state index in [1.54, 1.807) is 35.4 Å². The molecule has 8 unspecified atom stereocenters. The molecule has 0 aliphatic heterocycles. The summed E-state index contributed by atoms with van der Waals surface area (Å²) in [6.45, 7) is 36.0. The number of carboxylic acid groups (broad SMARTS) is 4. The maximum absolute atomic E-state index is 12.5. The van der Waals surface area contributed by atoms with E-state index in [0.717, 1.165) is 101 Å². The van der Waals surface area contributed by atoms with E-state index in [2.05, 4.69) is 104 Å². The lowest BCUT2D eigenvalue weighted by Crippen LogP contribution is -2.49. The van der Waals surface area contributed by atoms with Gasteiger partial charge >= 0.3 is 53.3 Å². The number of aliphatic carboxylic acids is 4. The Bertz CT molecular complexity index is 2130. The van der Waals surface area contributed by atoms with E-state index in [4.69, 9.17) is 86.8 Å². The van der Waals surface area contributed by atoms with E-state index in [1.807, 2.05) is 7.11 Å². The summed E-state index contributed by atoms with van der Waals surface area (Å²) in [5, 5.41) is 40.8. The van der Waals surface area contributed by atoms with Crippen molar-refractivity contribution in [1.82, 2.24) is 10.6 Å². The van der Waals surface area contributed by atoms with Crippen molar-refractivity contribution in [1.29, 1.82) is 0 Å². The van der Waals surface area contributed by atoms with Crippen molar-refractivity contribution in [2.45, 2.75) is 350 Å². The van der Waals surface area contributed by atoms with Gasteiger partial charge in [-0.05, 0) is 165 Å². The predicted octanol–water partition coefficient (Wildman–Crippen LogP) is 17.5. The normalized spacial score (nSPS) is 13.8. The highest BCUT2D eigenvalue weighted by molar-refractivity contribution is 6.83. The zero-order valence-electron chi connectivity index (χ0n) is 64.7. The molecule has 0 bridgehead atoms. The number of nitrogens with two attached hydrogens (primary N) is 3. The minimum atomic E-state index is -2.34. The average molecular weight is 1690 g/mol.